The molecule has 0 N–H and O–H groups in total. The monoisotopic (exact) mass is 226 g/mol. The lowest BCUT2D eigenvalue weighted by Gasteiger charge is -2.30. The number of hydrogen-bond donors (Lipinski definition) is 0. The van der Waals surface area contributed by atoms with Gasteiger partial charge in [0.25, 0.3) is 0 Å². The highest BCUT2D eigenvalue weighted by atomic mass is 15.3. The predicted molar refractivity (Wildman–Crippen MR) is 72.4 cm³/mol. The molecule has 0 aromatic heterocycles. The summed E-state index contributed by atoms with van der Waals surface area (Å²) in [5, 5.41) is 0. The van der Waals surface area contributed by atoms with Crippen molar-refractivity contribution in [1.82, 2.24) is 0 Å². The van der Waals surface area contributed by atoms with Gasteiger partial charge in [0.2, 0.25) is 0 Å². The van der Waals surface area contributed by atoms with Gasteiger partial charge in [-0.2, -0.15) is 0 Å². The summed E-state index contributed by atoms with van der Waals surface area (Å²) in [4.78, 5) is 0. The summed E-state index contributed by atoms with van der Waals surface area (Å²) < 4.78 is 0.980. The minimum Gasteiger partial charge on any atom is -0.321 e. The summed E-state index contributed by atoms with van der Waals surface area (Å²) in [5.74, 6) is 0. The number of hydrogen-bond acceptors (Lipinski definition) is 0. The zero-order chi connectivity index (χ0) is 12.1. The quantitative estimate of drug-likeness (QED) is 0.700. The summed E-state index contributed by atoms with van der Waals surface area (Å²) in [6.07, 6.45) is 0. The van der Waals surface area contributed by atoms with Crippen LogP contribution >= 0.6 is 0 Å². The average Bonchev–Trinajstić information content (AvgIpc) is 2.30. The van der Waals surface area contributed by atoms with Gasteiger partial charge in [-0.1, -0.05) is 60.7 Å². The van der Waals surface area contributed by atoms with E-state index in [2.05, 4.69) is 74.8 Å². The van der Waals surface area contributed by atoms with Gasteiger partial charge >= 0.3 is 0 Å². The van der Waals surface area contributed by atoms with Crippen LogP contribution in [0.25, 0.3) is 0 Å². The van der Waals surface area contributed by atoms with Gasteiger partial charge in [-0.3, -0.25) is 0 Å². The van der Waals surface area contributed by atoms with Gasteiger partial charge in [-0.15, -0.1) is 0 Å². The first-order chi connectivity index (χ1) is 8.16. The molecule has 1 heteroatoms. The lowest BCUT2D eigenvalue weighted by Crippen LogP contribution is -2.37. The molecule has 0 aliphatic rings. The number of rotatable bonds is 4. The average molecular weight is 226 g/mol. The largest absolute Gasteiger partial charge is 0.321 e. The van der Waals surface area contributed by atoms with Crippen LogP contribution in [-0.2, 0) is 13.1 Å². The molecule has 2 aromatic carbocycles. The van der Waals surface area contributed by atoms with Gasteiger partial charge in [0, 0.05) is 11.1 Å². The highest BCUT2D eigenvalue weighted by Gasteiger charge is 2.16. The van der Waals surface area contributed by atoms with Crippen LogP contribution < -0.4 is 0 Å². The molecule has 1 nitrogen and oxygen atoms in total. The van der Waals surface area contributed by atoms with Crippen LogP contribution in [0.2, 0.25) is 0 Å². The van der Waals surface area contributed by atoms with E-state index in [0.29, 0.717) is 0 Å². The van der Waals surface area contributed by atoms with E-state index in [0.717, 1.165) is 17.6 Å². The number of benzene rings is 2. The third-order valence-electron chi connectivity index (χ3n) is 2.91. The fourth-order valence-corrected chi connectivity index (χ4v) is 2.21. The Balaban J connectivity index is 2.04. The van der Waals surface area contributed by atoms with E-state index in [9.17, 15) is 0 Å². The van der Waals surface area contributed by atoms with Crippen molar-refractivity contribution in [2.24, 2.45) is 0 Å². The van der Waals surface area contributed by atoms with Gasteiger partial charge < -0.3 is 4.48 Å². The molecule has 0 bridgehead atoms. The SMILES string of the molecule is C[N+](C)(Cc1ccccc1)Cc1ccccc1. The molecule has 0 saturated heterocycles. The Bertz CT molecular complexity index is 402. The molecule has 2 rings (SSSR count). The van der Waals surface area contributed by atoms with Crippen LogP contribution in [0.15, 0.2) is 60.7 Å². The van der Waals surface area contributed by atoms with Crippen molar-refractivity contribution in [2.45, 2.75) is 13.1 Å². The third kappa shape index (κ3) is 3.72. The van der Waals surface area contributed by atoms with E-state index in [4.69, 9.17) is 0 Å². The molecule has 0 aliphatic carbocycles. The molecule has 0 unspecified atom stereocenters. The van der Waals surface area contributed by atoms with E-state index in [1.165, 1.54) is 11.1 Å². The lowest BCUT2D eigenvalue weighted by molar-refractivity contribution is -0.916. The van der Waals surface area contributed by atoms with E-state index in [1.54, 1.807) is 0 Å². The van der Waals surface area contributed by atoms with Crippen LogP contribution in [0.4, 0.5) is 0 Å². The van der Waals surface area contributed by atoms with Crippen LogP contribution in [0.5, 0.6) is 0 Å². The Morgan fingerprint density at radius 2 is 1.00 bits per heavy atom. The molecule has 17 heavy (non-hydrogen) atoms. The van der Waals surface area contributed by atoms with Crippen molar-refractivity contribution in [3.8, 4) is 0 Å². The molecule has 0 atom stereocenters. The van der Waals surface area contributed by atoms with Crippen molar-refractivity contribution < 1.29 is 4.48 Å². The van der Waals surface area contributed by atoms with Crippen molar-refractivity contribution in [3.05, 3.63) is 71.8 Å². The Kier molecular flexibility index (Phi) is 3.60. The molecule has 0 aliphatic heterocycles. The normalized spacial score (nSPS) is 11.4. The van der Waals surface area contributed by atoms with Gasteiger partial charge in [0.15, 0.2) is 0 Å². The topological polar surface area (TPSA) is 0 Å². The molecule has 2 aromatic rings. The number of quaternary nitrogens is 1. The van der Waals surface area contributed by atoms with Crippen LogP contribution in [0, 0.1) is 0 Å². The Morgan fingerprint density at radius 1 is 0.647 bits per heavy atom. The van der Waals surface area contributed by atoms with Crippen molar-refractivity contribution in [2.75, 3.05) is 14.1 Å². The predicted octanol–water partition coefficient (Wildman–Crippen LogP) is 3.46. The zero-order valence-corrected chi connectivity index (χ0v) is 10.6. The Morgan fingerprint density at radius 3 is 1.35 bits per heavy atom. The molecule has 0 radical (unpaired) electrons. The highest BCUT2D eigenvalue weighted by molar-refractivity contribution is 5.15. The van der Waals surface area contributed by atoms with E-state index in [1.807, 2.05) is 0 Å². The maximum Gasteiger partial charge on any atom is 0.104 e. The molecule has 0 heterocycles. The van der Waals surface area contributed by atoms with Gasteiger partial charge in [0.05, 0.1) is 14.1 Å². The molecule has 0 amide bonds. The Labute approximate surface area is 104 Å². The van der Waals surface area contributed by atoms with Crippen LogP contribution in [0.1, 0.15) is 11.1 Å². The Hall–Kier alpha value is -1.60. The first-order valence-electron chi connectivity index (χ1n) is 6.06. The maximum absolute atomic E-state index is 2.28. The summed E-state index contributed by atoms with van der Waals surface area (Å²) in [6, 6.07) is 21.4. The molecule has 0 saturated carbocycles. The molecular weight excluding hydrogens is 206 g/mol. The second-order valence-corrected chi connectivity index (χ2v) is 5.22. The first-order valence-corrected chi connectivity index (χ1v) is 6.06. The standard InChI is InChI=1S/C16H20N/c1-17(2,13-15-9-5-3-6-10-15)14-16-11-7-4-8-12-16/h3-12H,13-14H2,1-2H3/q+1. The van der Waals surface area contributed by atoms with E-state index >= 15 is 0 Å². The molecule has 0 fully saturated rings. The van der Waals surface area contributed by atoms with Crippen LogP contribution in [0.3, 0.4) is 0 Å². The second-order valence-electron chi connectivity index (χ2n) is 5.22. The first kappa shape index (κ1) is 11.9. The molecule has 88 valence electrons. The second kappa shape index (κ2) is 5.15. The lowest BCUT2D eigenvalue weighted by atomic mass is 10.1. The molecule has 0 spiro atoms. The van der Waals surface area contributed by atoms with Crippen molar-refractivity contribution in [1.29, 1.82) is 0 Å². The molecular formula is C16H20N+. The van der Waals surface area contributed by atoms with Gasteiger partial charge in [-0.25, -0.2) is 0 Å². The fraction of sp³-hybridized carbons (Fsp3) is 0.250. The van der Waals surface area contributed by atoms with Crippen molar-refractivity contribution in [3.63, 3.8) is 0 Å². The minimum atomic E-state index is 0.980. The third-order valence-corrected chi connectivity index (χ3v) is 2.91. The van der Waals surface area contributed by atoms with Gasteiger partial charge in [-0.05, 0) is 0 Å². The summed E-state index contributed by atoms with van der Waals surface area (Å²) >= 11 is 0. The van der Waals surface area contributed by atoms with E-state index < -0.39 is 0 Å². The van der Waals surface area contributed by atoms with E-state index in [-0.39, 0.29) is 0 Å². The number of nitrogens with zero attached hydrogens (tertiary/aromatic N) is 1. The van der Waals surface area contributed by atoms with Gasteiger partial charge in [0.1, 0.15) is 13.1 Å². The fourth-order valence-electron chi connectivity index (χ4n) is 2.21. The summed E-state index contributed by atoms with van der Waals surface area (Å²) in [5.41, 5.74) is 2.79. The smallest absolute Gasteiger partial charge is 0.104 e. The highest BCUT2D eigenvalue weighted by Crippen LogP contribution is 2.14. The maximum atomic E-state index is 2.28. The summed E-state index contributed by atoms with van der Waals surface area (Å²) in [7, 11) is 4.56. The summed E-state index contributed by atoms with van der Waals surface area (Å²) in [6.45, 7) is 2.13. The van der Waals surface area contributed by atoms with Crippen molar-refractivity contribution >= 4 is 0 Å². The zero-order valence-electron chi connectivity index (χ0n) is 10.6. The van der Waals surface area contributed by atoms with Crippen LogP contribution in [-0.4, -0.2) is 18.6 Å². The minimum absolute atomic E-state index is 0.980.